The van der Waals surface area contributed by atoms with E-state index in [-0.39, 0.29) is 18.0 Å². The molecule has 0 heterocycles. The van der Waals surface area contributed by atoms with Crippen LogP contribution < -0.4 is 19.5 Å². The minimum atomic E-state index is -0.920. The van der Waals surface area contributed by atoms with Crippen molar-refractivity contribution in [3.63, 3.8) is 0 Å². The fourth-order valence-corrected chi connectivity index (χ4v) is 2.29. The molecule has 0 bridgehead atoms. The van der Waals surface area contributed by atoms with Crippen molar-refractivity contribution in [1.29, 1.82) is 0 Å². The number of rotatable bonds is 8. The van der Waals surface area contributed by atoms with Gasteiger partial charge in [0.15, 0.2) is 11.9 Å². The molecule has 2 aromatic carbocycles. The highest BCUT2D eigenvalue weighted by molar-refractivity contribution is 5.80. The molecule has 0 saturated carbocycles. The summed E-state index contributed by atoms with van der Waals surface area (Å²) in [6, 6.07) is 11.5. The zero-order valence-corrected chi connectivity index (χ0v) is 14.7. The Kier molecular flexibility index (Phi) is 6.37. The molecule has 26 heavy (non-hydrogen) atoms. The molecule has 0 aliphatic rings. The van der Waals surface area contributed by atoms with Crippen LogP contribution in [0.5, 0.6) is 17.2 Å². The zero-order chi connectivity index (χ0) is 19.1. The van der Waals surface area contributed by atoms with E-state index in [2.05, 4.69) is 5.32 Å². The van der Waals surface area contributed by atoms with Gasteiger partial charge in [0.1, 0.15) is 11.5 Å². The molecule has 0 aliphatic heterocycles. The van der Waals surface area contributed by atoms with Gasteiger partial charge in [-0.15, -0.1) is 0 Å². The zero-order valence-electron chi connectivity index (χ0n) is 14.7. The number of carbonyl (C=O) groups excluding carboxylic acids is 1. The molecule has 1 atom stereocenters. The van der Waals surface area contributed by atoms with Gasteiger partial charge in [-0.25, -0.2) is 0 Å². The van der Waals surface area contributed by atoms with Crippen LogP contribution >= 0.6 is 0 Å². The lowest BCUT2D eigenvalue weighted by atomic mass is 10.2. The van der Waals surface area contributed by atoms with Crippen molar-refractivity contribution in [3.05, 3.63) is 58.1 Å². The van der Waals surface area contributed by atoms with Crippen molar-refractivity contribution >= 4 is 11.6 Å². The van der Waals surface area contributed by atoms with Gasteiger partial charge in [-0.1, -0.05) is 18.2 Å². The number of nitrogens with zero attached hydrogens (tertiary/aromatic N) is 1. The Bertz CT molecular complexity index is 793. The molecule has 8 nitrogen and oxygen atoms in total. The maximum atomic E-state index is 12.3. The molecule has 2 rings (SSSR count). The van der Waals surface area contributed by atoms with E-state index in [1.54, 1.807) is 13.2 Å². The molecule has 1 amide bonds. The second kappa shape index (κ2) is 8.70. The Morgan fingerprint density at radius 3 is 2.54 bits per heavy atom. The average molecular weight is 360 g/mol. The third-order valence-corrected chi connectivity index (χ3v) is 3.68. The number of methoxy groups -OCH3 is 2. The Morgan fingerprint density at radius 2 is 1.88 bits per heavy atom. The normalized spacial score (nSPS) is 11.3. The summed E-state index contributed by atoms with van der Waals surface area (Å²) < 4.78 is 15.7. The van der Waals surface area contributed by atoms with Crippen LogP contribution in [0.25, 0.3) is 0 Å². The summed E-state index contributed by atoms with van der Waals surface area (Å²) in [5, 5.41) is 13.9. The SMILES string of the molecule is COc1ccc(O[C@@H](C)C(=O)NCc2ccccc2OC)c([N+](=O)[O-])c1. The predicted octanol–water partition coefficient (Wildman–Crippen LogP) is 2.70. The highest BCUT2D eigenvalue weighted by Gasteiger charge is 2.22. The Hall–Kier alpha value is -3.29. The van der Waals surface area contributed by atoms with Crippen molar-refractivity contribution in [2.24, 2.45) is 0 Å². The minimum absolute atomic E-state index is 0.00394. The fourth-order valence-electron chi connectivity index (χ4n) is 2.29. The van der Waals surface area contributed by atoms with Crippen molar-refractivity contribution in [2.75, 3.05) is 14.2 Å². The molecule has 8 heteroatoms. The third-order valence-electron chi connectivity index (χ3n) is 3.68. The maximum Gasteiger partial charge on any atom is 0.314 e. The second-order valence-electron chi connectivity index (χ2n) is 5.38. The number of ether oxygens (including phenoxy) is 3. The fraction of sp³-hybridized carbons (Fsp3) is 0.278. The van der Waals surface area contributed by atoms with Crippen LogP contribution in [0.1, 0.15) is 12.5 Å². The number of nitrogens with one attached hydrogen (secondary N) is 1. The van der Waals surface area contributed by atoms with Crippen molar-refractivity contribution in [3.8, 4) is 17.2 Å². The van der Waals surface area contributed by atoms with Gasteiger partial charge in [-0.3, -0.25) is 14.9 Å². The summed E-state index contributed by atoms with van der Waals surface area (Å²) in [5.74, 6) is 0.584. The van der Waals surface area contributed by atoms with Gasteiger partial charge in [0.25, 0.3) is 5.91 Å². The van der Waals surface area contributed by atoms with E-state index in [0.717, 1.165) is 5.56 Å². The number of hydrogen-bond donors (Lipinski definition) is 1. The Morgan fingerprint density at radius 1 is 1.15 bits per heavy atom. The van der Waals surface area contributed by atoms with E-state index >= 15 is 0 Å². The van der Waals surface area contributed by atoms with Crippen LogP contribution in [0.15, 0.2) is 42.5 Å². The number of carbonyl (C=O) groups is 1. The summed E-state index contributed by atoms with van der Waals surface area (Å²) in [4.78, 5) is 22.8. The van der Waals surface area contributed by atoms with Crippen LogP contribution in [-0.4, -0.2) is 31.2 Å². The van der Waals surface area contributed by atoms with E-state index < -0.39 is 16.9 Å². The maximum absolute atomic E-state index is 12.3. The molecule has 0 radical (unpaired) electrons. The topological polar surface area (TPSA) is 99.9 Å². The first-order valence-electron chi connectivity index (χ1n) is 7.85. The quantitative estimate of drug-likeness (QED) is 0.574. The largest absolute Gasteiger partial charge is 0.496 e. The Balaban J connectivity index is 2.04. The van der Waals surface area contributed by atoms with Gasteiger partial charge in [0, 0.05) is 12.1 Å². The summed E-state index contributed by atoms with van der Waals surface area (Å²) in [5.41, 5.74) is 0.541. The van der Waals surface area contributed by atoms with Crippen LogP contribution in [-0.2, 0) is 11.3 Å². The molecule has 0 aliphatic carbocycles. The first kappa shape index (κ1) is 19.0. The summed E-state index contributed by atoms with van der Waals surface area (Å²) in [6.45, 7) is 1.77. The van der Waals surface area contributed by atoms with E-state index in [1.807, 2.05) is 18.2 Å². The summed E-state index contributed by atoms with van der Waals surface area (Å²) in [7, 11) is 2.96. The first-order chi connectivity index (χ1) is 12.5. The summed E-state index contributed by atoms with van der Waals surface area (Å²) >= 11 is 0. The smallest absolute Gasteiger partial charge is 0.314 e. The van der Waals surface area contributed by atoms with Gasteiger partial charge in [0.05, 0.1) is 25.2 Å². The van der Waals surface area contributed by atoms with Crippen LogP contribution in [0, 0.1) is 10.1 Å². The highest BCUT2D eigenvalue weighted by Crippen LogP contribution is 2.31. The number of nitro groups is 1. The monoisotopic (exact) mass is 360 g/mol. The van der Waals surface area contributed by atoms with E-state index in [1.165, 1.54) is 32.2 Å². The minimum Gasteiger partial charge on any atom is -0.496 e. The van der Waals surface area contributed by atoms with Gasteiger partial charge in [-0.2, -0.15) is 0 Å². The van der Waals surface area contributed by atoms with Crippen LogP contribution in [0.2, 0.25) is 0 Å². The summed E-state index contributed by atoms with van der Waals surface area (Å²) in [6.07, 6.45) is -0.920. The van der Waals surface area contributed by atoms with E-state index in [9.17, 15) is 14.9 Å². The lowest BCUT2D eigenvalue weighted by Crippen LogP contribution is -2.36. The lowest BCUT2D eigenvalue weighted by molar-refractivity contribution is -0.386. The number of nitro benzene ring substituents is 1. The van der Waals surface area contributed by atoms with Crippen molar-refractivity contribution in [1.82, 2.24) is 5.32 Å². The lowest BCUT2D eigenvalue weighted by Gasteiger charge is -2.16. The number of para-hydroxylation sites is 1. The molecule has 1 N–H and O–H groups in total. The van der Waals surface area contributed by atoms with Crippen LogP contribution in [0.3, 0.4) is 0 Å². The van der Waals surface area contributed by atoms with Crippen molar-refractivity contribution in [2.45, 2.75) is 19.6 Å². The molecular formula is C18H20N2O6. The number of benzene rings is 2. The highest BCUT2D eigenvalue weighted by atomic mass is 16.6. The second-order valence-corrected chi connectivity index (χ2v) is 5.38. The van der Waals surface area contributed by atoms with Gasteiger partial charge < -0.3 is 19.5 Å². The first-order valence-corrected chi connectivity index (χ1v) is 7.85. The third kappa shape index (κ3) is 4.62. The molecule has 0 spiro atoms. The molecule has 0 fully saturated rings. The molecule has 0 saturated heterocycles. The average Bonchev–Trinajstić information content (AvgIpc) is 2.66. The molecule has 2 aromatic rings. The molecular weight excluding hydrogens is 340 g/mol. The molecule has 138 valence electrons. The number of amides is 1. The van der Waals surface area contributed by atoms with E-state index in [4.69, 9.17) is 14.2 Å². The van der Waals surface area contributed by atoms with Gasteiger partial charge >= 0.3 is 5.69 Å². The molecule has 0 unspecified atom stereocenters. The molecule has 0 aromatic heterocycles. The van der Waals surface area contributed by atoms with Gasteiger partial charge in [0.2, 0.25) is 0 Å². The van der Waals surface area contributed by atoms with Crippen LogP contribution in [0.4, 0.5) is 5.69 Å². The van der Waals surface area contributed by atoms with Crippen molar-refractivity contribution < 1.29 is 23.9 Å². The number of hydrogen-bond acceptors (Lipinski definition) is 6. The Labute approximate surface area is 150 Å². The van der Waals surface area contributed by atoms with Gasteiger partial charge in [-0.05, 0) is 25.1 Å². The predicted molar refractivity (Wildman–Crippen MR) is 94.6 cm³/mol. The van der Waals surface area contributed by atoms with E-state index in [0.29, 0.717) is 11.5 Å². The standard InChI is InChI=1S/C18H20N2O6/c1-12(18(21)19-11-13-6-4-5-7-16(13)25-3)26-17-9-8-14(24-2)10-15(17)20(22)23/h4-10,12H,11H2,1-3H3,(H,19,21)/t12-/m0/s1.